The standard InChI is InChI=1S/C9H15N3/c1-7(10)8-5-11-12(6-8)9(2,3)4/h5-6H,1,10H2,2-4H3. The summed E-state index contributed by atoms with van der Waals surface area (Å²) in [5.41, 5.74) is 6.98. The summed E-state index contributed by atoms with van der Waals surface area (Å²) in [6.07, 6.45) is 3.63. The van der Waals surface area contributed by atoms with Crippen LogP contribution in [0, 0.1) is 0 Å². The van der Waals surface area contributed by atoms with Crippen molar-refractivity contribution in [3.63, 3.8) is 0 Å². The molecule has 0 aliphatic rings. The van der Waals surface area contributed by atoms with Crippen LogP contribution in [0.2, 0.25) is 0 Å². The molecule has 12 heavy (non-hydrogen) atoms. The van der Waals surface area contributed by atoms with Crippen molar-refractivity contribution < 1.29 is 0 Å². The number of hydrogen-bond acceptors (Lipinski definition) is 2. The zero-order valence-electron chi connectivity index (χ0n) is 7.83. The van der Waals surface area contributed by atoms with Gasteiger partial charge in [-0.3, -0.25) is 4.68 Å². The first kappa shape index (κ1) is 8.84. The molecule has 0 saturated carbocycles. The Morgan fingerprint density at radius 3 is 2.42 bits per heavy atom. The zero-order chi connectivity index (χ0) is 9.35. The Labute approximate surface area is 72.9 Å². The van der Waals surface area contributed by atoms with Crippen molar-refractivity contribution in [1.82, 2.24) is 9.78 Å². The molecule has 0 saturated heterocycles. The van der Waals surface area contributed by atoms with E-state index in [1.807, 2.05) is 10.9 Å². The lowest BCUT2D eigenvalue weighted by Crippen LogP contribution is -2.21. The van der Waals surface area contributed by atoms with Gasteiger partial charge in [0, 0.05) is 17.5 Å². The van der Waals surface area contributed by atoms with E-state index in [-0.39, 0.29) is 5.54 Å². The Balaban J connectivity index is 3.00. The van der Waals surface area contributed by atoms with Gasteiger partial charge in [0.1, 0.15) is 0 Å². The minimum atomic E-state index is 0.00764. The van der Waals surface area contributed by atoms with Gasteiger partial charge in [0.2, 0.25) is 0 Å². The first-order valence-corrected chi connectivity index (χ1v) is 3.91. The molecular formula is C9H15N3. The summed E-state index contributed by atoms with van der Waals surface area (Å²) in [5.74, 6) is 0. The second kappa shape index (κ2) is 2.66. The normalized spacial score (nSPS) is 11.6. The van der Waals surface area contributed by atoms with Crippen molar-refractivity contribution in [3.8, 4) is 0 Å². The molecule has 0 bridgehead atoms. The molecule has 3 heteroatoms. The highest BCUT2D eigenvalue weighted by Crippen LogP contribution is 2.14. The third-order valence-corrected chi connectivity index (χ3v) is 1.64. The van der Waals surface area contributed by atoms with Gasteiger partial charge < -0.3 is 5.73 Å². The fraction of sp³-hybridized carbons (Fsp3) is 0.444. The SMILES string of the molecule is C=C(N)c1cnn(C(C)(C)C)c1. The van der Waals surface area contributed by atoms with Gasteiger partial charge in [0.15, 0.2) is 0 Å². The number of hydrogen-bond donors (Lipinski definition) is 1. The summed E-state index contributed by atoms with van der Waals surface area (Å²) in [4.78, 5) is 0. The van der Waals surface area contributed by atoms with Crippen LogP contribution in [0.3, 0.4) is 0 Å². The highest BCUT2D eigenvalue weighted by Gasteiger charge is 2.13. The third kappa shape index (κ3) is 1.67. The molecule has 66 valence electrons. The van der Waals surface area contributed by atoms with Gasteiger partial charge in [0.25, 0.3) is 0 Å². The minimum absolute atomic E-state index is 0.00764. The molecule has 0 radical (unpaired) electrons. The molecule has 0 aromatic carbocycles. The molecule has 1 aromatic heterocycles. The van der Waals surface area contributed by atoms with E-state index >= 15 is 0 Å². The molecule has 0 spiro atoms. The monoisotopic (exact) mass is 165 g/mol. The van der Waals surface area contributed by atoms with Crippen molar-refractivity contribution in [1.29, 1.82) is 0 Å². The van der Waals surface area contributed by atoms with Crippen LogP contribution in [0.1, 0.15) is 26.3 Å². The van der Waals surface area contributed by atoms with Crippen LogP contribution in [0.4, 0.5) is 0 Å². The molecule has 0 atom stereocenters. The molecule has 0 unspecified atom stereocenters. The molecular weight excluding hydrogens is 150 g/mol. The maximum atomic E-state index is 5.52. The van der Waals surface area contributed by atoms with Crippen molar-refractivity contribution in [2.45, 2.75) is 26.3 Å². The fourth-order valence-electron chi connectivity index (χ4n) is 0.855. The molecule has 0 aliphatic carbocycles. The number of nitrogens with zero attached hydrogens (tertiary/aromatic N) is 2. The highest BCUT2D eigenvalue weighted by molar-refractivity contribution is 5.58. The Morgan fingerprint density at radius 1 is 1.58 bits per heavy atom. The Kier molecular flexibility index (Phi) is 1.96. The zero-order valence-corrected chi connectivity index (χ0v) is 7.83. The van der Waals surface area contributed by atoms with Gasteiger partial charge in [-0.1, -0.05) is 6.58 Å². The minimum Gasteiger partial charge on any atom is -0.399 e. The average Bonchev–Trinajstić information content (AvgIpc) is 2.30. The van der Waals surface area contributed by atoms with Gasteiger partial charge in [-0.05, 0) is 20.8 Å². The van der Waals surface area contributed by atoms with Crippen LogP contribution in [-0.2, 0) is 5.54 Å². The summed E-state index contributed by atoms with van der Waals surface area (Å²) >= 11 is 0. The van der Waals surface area contributed by atoms with Crippen molar-refractivity contribution in [3.05, 3.63) is 24.5 Å². The second-order valence-electron chi connectivity index (χ2n) is 3.87. The van der Waals surface area contributed by atoms with Crippen LogP contribution in [-0.4, -0.2) is 9.78 Å². The third-order valence-electron chi connectivity index (χ3n) is 1.64. The lowest BCUT2D eigenvalue weighted by Gasteiger charge is -2.18. The predicted molar refractivity (Wildman–Crippen MR) is 50.4 cm³/mol. The smallest absolute Gasteiger partial charge is 0.0583 e. The predicted octanol–water partition coefficient (Wildman–Crippen LogP) is 1.57. The number of rotatable bonds is 1. The average molecular weight is 165 g/mol. The largest absolute Gasteiger partial charge is 0.399 e. The Bertz CT molecular complexity index is 291. The van der Waals surface area contributed by atoms with E-state index in [2.05, 4.69) is 32.4 Å². The Morgan fingerprint density at radius 2 is 2.17 bits per heavy atom. The van der Waals surface area contributed by atoms with Gasteiger partial charge in [0.05, 0.1) is 11.7 Å². The topological polar surface area (TPSA) is 43.8 Å². The lowest BCUT2D eigenvalue weighted by molar-refractivity contribution is 0.355. The van der Waals surface area contributed by atoms with Crippen LogP contribution < -0.4 is 5.73 Å². The van der Waals surface area contributed by atoms with E-state index in [1.54, 1.807) is 6.20 Å². The Hall–Kier alpha value is -1.25. The van der Waals surface area contributed by atoms with Crippen LogP contribution in [0.25, 0.3) is 5.70 Å². The molecule has 1 heterocycles. The maximum Gasteiger partial charge on any atom is 0.0583 e. The number of nitrogens with two attached hydrogens (primary N) is 1. The first-order chi connectivity index (χ1) is 5.41. The maximum absolute atomic E-state index is 5.52. The molecule has 0 fully saturated rings. The van der Waals surface area contributed by atoms with E-state index in [0.29, 0.717) is 5.70 Å². The van der Waals surface area contributed by atoms with Gasteiger partial charge in [-0.15, -0.1) is 0 Å². The number of aromatic nitrogens is 2. The first-order valence-electron chi connectivity index (χ1n) is 3.91. The highest BCUT2D eigenvalue weighted by atomic mass is 15.3. The van der Waals surface area contributed by atoms with E-state index < -0.39 is 0 Å². The summed E-state index contributed by atoms with van der Waals surface area (Å²) in [7, 11) is 0. The lowest BCUT2D eigenvalue weighted by atomic mass is 10.1. The fourth-order valence-corrected chi connectivity index (χ4v) is 0.855. The van der Waals surface area contributed by atoms with Gasteiger partial charge >= 0.3 is 0 Å². The van der Waals surface area contributed by atoms with Crippen LogP contribution in [0.5, 0.6) is 0 Å². The van der Waals surface area contributed by atoms with Crippen molar-refractivity contribution >= 4 is 5.70 Å². The summed E-state index contributed by atoms with van der Waals surface area (Å²) < 4.78 is 1.88. The van der Waals surface area contributed by atoms with Crippen molar-refractivity contribution in [2.75, 3.05) is 0 Å². The van der Waals surface area contributed by atoms with Crippen LogP contribution >= 0.6 is 0 Å². The van der Waals surface area contributed by atoms with E-state index in [1.165, 1.54) is 0 Å². The summed E-state index contributed by atoms with van der Waals surface area (Å²) in [5, 5.41) is 4.18. The molecule has 0 amide bonds. The van der Waals surface area contributed by atoms with Gasteiger partial charge in [-0.2, -0.15) is 5.10 Å². The molecule has 3 nitrogen and oxygen atoms in total. The summed E-state index contributed by atoms with van der Waals surface area (Å²) in [6.45, 7) is 9.90. The molecule has 1 aromatic rings. The summed E-state index contributed by atoms with van der Waals surface area (Å²) in [6, 6.07) is 0. The molecule has 0 aliphatic heterocycles. The second-order valence-corrected chi connectivity index (χ2v) is 3.87. The molecule has 1 rings (SSSR count). The van der Waals surface area contributed by atoms with E-state index in [0.717, 1.165) is 5.56 Å². The molecule has 2 N–H and O–H groups in total. The van der Waals surface area contributed by atoms with Crippen molar-refractivity contribution in [2.24, 2.45) is 5.73 Å². The van der Waals surface area contributed by atoms with E-state index in [9.17, 15) is 0 Å². The van der Waals surface area contributed by atoms with Gasteiger partial charge in [-0.25, -0.2) is 0 Å². The quantitative estimate of drug-likeness (QED) is 0.686. The van der Waals surface area contributed by atoms with E-state index in [4.69, 9.17) is 5.73 Å². The van der Waals surface area contributed by atoms with Crippen LogP contribution in [0.15, 0.2) is 19.0 Å².